The van der Waals surface area contributed by atoms with E-state index in [1.54, 1.807) is 12.1 Å². The molecule has 1 nitrogen and oxygen atoms in total. The Morgan fingerprint density at radius 2 is 1.75 bits per heavy atom. The summed E-state index contributed by atoms with van der Waals surface area (Å²) < 4.78 is 44.1. The van der Waals surface area contributed by atoms with E-state index in [9.17, 15) is 13.2 Å². The molecule has 0 amide bonds. The van der Waals surface area contributed by atoms with Gasteiger partial charge in [-0.25, -0.2) is 13.2 Å². The Balaban J connectivity index is 2.44. The third-order valence-corrected chi connectivity index (χ3v) is 3.05. The van der Waals surface area contributed by atoms with Gasteiger partial charge in [0.05, 0.1) is 6.26 Å². The van der Waals surface area contributed by atoms with E-state index >= 15 is 0 Å². The summed E-state index contributed by atoms with van der Waals surface area (Å²) in [5.74, 6) is -2.70. The van der Waals surface area contributed by atoms with Crippen molar-refractivity contribution in [2.45, 2.75) is 4.83 Å². The molecule has 0 aliphatic heterocycles. The molecule has 0 saturated heterocycles. The molecule has 0 bridgehead atoms. The molecule has 1 aromatic carbocycles. The summed E-state index contributed by atoms with van der Waals surface area (Å²) in [5.41, 5.74) is -0.00569. The molecule has 0 aliphatic carbocycles. The largest absolute Gasteiger partial charge is 0.468 e. The van der Waals surface area contributed by atoms with E-state index in [2.05, 4.69) is 15.9 Å². The summed E-state index contributed by atoms with van der Waals surface area (Å²) in [6, 6.07) is 4.57. The van der Waals surface area contributed by atoms with Crippen LogP contribution in [0, 0.1) is 17.5 Å². The number of hydrogen-bond donors (Lipinski definition) is 0. The van der Waals surface area contributed by atoms with Crippen LogP contribution >= 0.6 is 15.9 Å². The van der Waals surface area contributed by atoms with Crippen molar-refractivity contribution in [1.29, 1.82) is 0 Å². The van der Waals surface area contributed by atoms with Crippen molar-refractivity contribution in [3.63, 3.8) is 0 Å². The van der Waals surface area contributed by atoms with Gasteiger partial charge in [0.15, 0.2) is 11.6 Å². The fraction of sp³-hybridized carbons (Fsp3) is 0.0909. The first kappa shape index (κ1) is 11.3. The minimum atomic E-state index is -1.21. The molecule has 0 fully saturated rings. The zero-order chi connectivity index (χ0) is 11.7. The van der Waals surface area contributed by atoms with Crippen molar-refractivity contribution < 1.29 is 17.6 Å². The van der Waals surface area contributed by atoms with Crippen LogP contribution < -0.4 is 0 Å². The van der Waals surface area contributed by atoms with Gasteiger partial charge < -0.3 is 4.42 Å². The summed E-state index contributed by atoms with van der Waals surface area (Å²) >= 11 is 3.16. The van der Waals surface area contributed by atoms with Crippen molar-refractivity contribution in [3.8, 4) is 0 Å². The van der Waals surface area contributed by atoms with Crippen LogP contribution in [0.3, 0.4) is 0 Å². The standard InChI is InChI=1S/C11H6BrF3O/c12-11(10-2-1-3-16-10)6-4-8(14)9(15)5-7(6)13/h1-5,11H. The zero-order valence-corrected chi connectivity index (χ0v) is 9.47. The Morgan fingerprint density at radius 3 is 2.38 bits per heavy atom. The van der Waals surface area contributed by atoms with Crippen LogP contribution in [0.4, 0.5) is 13.2 Å². The highest BCUT2D eigenvalue weighted by Crippen LogP contribution is 2.33. The Bertz CT molecular complexity index is 496. The van der Waals surface area contributed by atoms with E-state index in [1.165, 1.54) is 6.26 Å². The lowest BCUT2D eigenvalue weighted by Crippen LogP contribution is -1.98. The average Bonchev–Trinajstić information content (AvgIpc) is 2.75. The number of halogens is 4. The van der Waals surface area contributed by atoms with Crippen LogP contribution in [0.15, 0.2) is 34.9 Å². The monoisotopic (exact) mass is 290 g/mol. The first-order valence-corrected chi connectivity index (χ1v) is 5.33. The van der Waals surface area contributed by atoms with Gasteiger partial charge in [0.2, 0.25) is 0 Å². The van der Waals surface area contributed by atoms with E-state index < -0.39 is 22.3 Å². The fourth-order valence-corrected chi connectivity index (χ4v) is 1.93. The molecule has 0 radical (unpaired) electrons. The van der Waals surface area contributed by atoms with Gasteiger partial charge in [0.25, 0.3) is 0 Å². The van der Waals surface area contributed by atoms with Gasteiger partial charge >= 0.3 is 0 Å². The number of hydrogen-bond acceptors (Lipinski definition) is 1. The molecular formula is C11H6BrF3O. The number of rotatable bonds is 2. The van der Waals surface area contributed by atoms with Gasteiger partial charge in [-0.1, -0.05) is 15.9 Å². The smallest absolute Gasteiger partial charge is 0.161 e. The second-order valence-electron chi connectivity index (χ2n) is 3.17. The predicted molar refractivity (Wildman–Crippen MR) is 55.8 cm³/mol. The molecule has 0 saturated carbocycles. The Morgan fingerprint density at radius 1 is 1.06 bits per heavy atom. The molecule has 0 spiro atoms. The van der Waals surface area contributed by atoms with Crippen molar-refractivity contribution in [2.75, 3.05) is 0 Å². The van der Waals surface area contributed by atoms with Gasteiger partial charge in [-0.2, -0.15) is 0 Å². The Kier molecular flexibility index (Phi) is 3.05. The summed E-state index contributed by atoms with van der Waals surface area (Å²) in [6.07, 6.45) is 1.42. The normalized spacial score (nSPS) is 12.8. The van der Waals surface area contributed by atoms with Crippen molar-refractivity contribution in [2.24, 2.45) is 0 Å². The minimum absolute atomic E-state index is 0.00569. The zero-order valence-electron chi connectivity index (χ0n) is 7.88. The first-order chi connectivity index (χ1) is 7.59. The molecular weight excluding hydrogens is 285 g/mol. The molecule has 16 heavy (non-hydrogen) atoms. The minimum Gasteiger partial charge on any atom is -0.468 e. The highest BCUT2D eigenvalue weighted by atomic mass is 79.9. The van der Waals surface area contributed by atoms with Gasteiger partial charge in [0, 0.05) is 11.6 Å². The van der Waals surface area contributed by atoms with E-state index in [0.717, 1.165) is 6.07 Å². The number of alkyl halides is 1. The molecule has 1 aromatic heterocycles. The van der Waals surface area contributed by atoms with E-state index in [1.807, 2.05) is 0 Å². The van der Waals surface area contributed by atoms with Crippen molar-refractivity contribution in [3.05, 3.63) is 59.3 Å². The molecule has 2 rings (SSSR count). The SMILES string of the molecule is Fc1cc(F)c(C(Br)c2ccco2)cc1F. The third-order valence-electron chi connectivity index (χ3n) is 2.11. The summed E-state index contributed by atoms with van der Waals surface area (Å²) in [7, 11) is 0. The van der Waals surface area contributed by atoms with Gasteiger partial charge in [0.1, 0.15) is 16.4 Å². The number of benzene rings is 1. The maximum absolute atomic E-state index is 13.4. The predicted octanol–water partition coefficient (Wildman–Crippen LogP) is 4.18. The highest BCUT2D eigenvalue weighted by molar-refractivity contribution is 9.09. The molecule has 1 heterocycles. The first-order valence-electron chi connectivity index (χ1n) is 4.41. The maximum atomic E-state index is 13.4. The third kappa shape index (κ3) is 2.00. The highest BCUT2D eigenvalue weighted by Gasteiger charge is 2.19. The molecule has 2 aromatic rings. The maximum Gasteiger partial charge on any atom is 0.161 e. The lowest BCUT2D eigenvalue weighted by molar-refractivity contribution is 0.483. The van der Waals surface area contributed by atoms with Gasteiger partial charge in [-0.15, -0.1) is 0 Å². The number of furan rings is 1. The second kappa shape index (κ2) is 4.33. The quantitative estimate of drug-likeness (QED) is 0.597. The van der Waals surface area contributed by atoms with Crippen LogP contribution in [0.25, 0.3) is 0 Å². The molecule has 1 unspecified atom stereocenters. The average molecular weight is 291 g/mol. The summed E-state index contributed by atoms with van der Waals surface area (Å²) in [4.78, 5) is -0.641. The van der Waals surface area contributed by atoms with Gasteiger partial charge in [-0.3, -0.25) is 0 Å². The van der Waals surface area contributed by atoms with Crippen LogP contribution in [0.5, 0.6) is 0 Å². The summed E-state index contributed by atoms with van der Waals surface area (Å²) in [5, 5.41) is 0. The van der Waals surface area contributed by atoms with E-state index in [0.29, 0.717) is 11.8 Å². The van der Waals surface area contributed by atoms with Crippen LogP contribution in [0.1, 0.15) is 16.2 Å². The molecule has 0 aliphatic rings. The van der Waals surface area contributed by atoms with Crippen LogP contribution in [0.2, 0.25) is 0 Å². The molecule has 84 valence electrons. The van der Waals surface area contributed by atoms with Gasteiger partial charge in [-0.05, 0) is 18.2 Å². The summed E-state index contributed by atoms with van der Waals surface area (Å²) in [6.45, 7) is 0. The van der Waals surface area contributed by atoms with Crippen molar-refractivity contribution in [1.82, 2.24) is 0 Å². The van der Waals surface area contributed by atoms with Crippen molar-refractivity contribution >= 4 is 15.9 Å². The topological polar surface area (TPSA) is 13.1 Å². The molecule has 1 atom stereocenters. The molecule has 5 heteroatoms. The van der Waals surface area contributed by atoms with Crippen LogP contribution in [-0.4, -0.2) is 0 Å². The Hall–Kier alpha value is -1.23. The van der Waals surface area contributed by atoms with E-state index in [-0.39, 0.29) is 5.56 Å². The molecule has 0 N–H and O–H groups in total. The van der Waals surface area contributed by atoms with E-state index in [4.69, 9.17) is 4.42 Å². The lowest BCUT2D eigenvalue weighted by atomic mass is 10.1. The van der Waals surface area contributed by atoms with Crippen LogP contribution in [-0.2, 0) is 0 Å². The Labute approximate surface area is 98.0 Å². The fourth-order valence-electron chi connectivity index (χ4n) is 1.32. The second-order valence-corrected chi connectivity index (χ2v) is 4.08. The lowest BCUT2D eigenvalue weighted by Gasteiger charge is -2.08.